The second kappa shape index (κ2) is 10.0. The lowest BCUT2D eigenvalue weighted by Crippen LogP contribution is -2.41. The minimum atomic E-state index is -0.476. The number of carbonyl (C=O) groups is 1. The first-order valence-corrected chi connectivity index (χ1v) is 10.6. The van der Waals surface area contributed by atoms with Crippen molar-refractivity contribution in [2.75, 3.05) is 6.54 Å². The number of carbonyl (C=O) groups excluding carboxylic acids is 1. The predicted molar refractivity (Wildman–Crippen MR) is 124 cm³/mol. The van der Waals surface area contributed by atoms with Crippen LogP contribution in [-0.4, -0.2) is 28.3 Å². The van der Waals surface area contributed by atoms with E-state index in [-0.39, 0.29) is 11.9 Å². The van der Waals surface area contributed by atoms with Gasteiger partial charge in [0, 0.05) is 5.39 Å². The number of fused-ring (bicyclic) bond motifs is 1. The van der Waals surface area contributed by atoms with Gasteiger partial charge in [-0.2, -0.15) is 10.0 Å². The van der Waals surface area contributed by atoms with Crippen molar-refractivity contribution in [2.45, 2.75) is 25.5 Å². The van der Waals surface area contributed by atoms with E-state index in [0.717, 1.165) is 22.2 Å². The highest BCUT2D eigenvalue weighted by Gasteiger charge is 2.26. The number of amides is 1. The maximum absolute atomic E-state index is 13.3. The molecule has 0 aliphatic rings. The molecule has 2 atom stereocenters. The number of nitroso groups, excluding NO2 is 1. The minimum absolute atomic E-state index is 0.306. The number of benzene rings is 3. The van der Waals surface area contributed by atoms with Crippen molar-refractivity contribution < 1.29 is 13.9 Å². The van der Waals surface area contributed by atoms with Gasteiger partial charge >= 0.3 is 0 Å². The largest absolute Gasteiger partial charge is 0.484 e. The molecule has 0 spiro atoms. The normalized spacial score (nSPS) is 12.8. The number of ether oxygens (including phenoxy) is 1. The molecule has 0 saturated heterocycles. The van der Waals surface area contributed by atoms with Gasteiger partial charge in [-0.25, -0.2) is 9.07 Å². The summed E-state index contributed by atoms with van der Waals surface area (Å²) >= 11 is 0. The van der Waals surface area contributed by atoms with Crippen LogP contribution in [0.3, 0.4) is 0 Å². The SMILES string of the molecule is CC[C@H](NC(=O)CN=O)[C@H](Oc1ccc2c(cnn2-c2ccc(F)cc2)c1)c1ccccc1. The molecule has 1 heterocycles. The topological polar surface area (TPSA) is 85.6 Å². The average molecular weight is 446 g/mol. The highest BCUT2D eigenvalue weighted by atomic mass is 19.1. The fraction of sp³-hybridized carbons (Fsp3) is 0.200. The molecule has 0 fully saturated rings. The third-order valence-corrected chi connectivity index (χ3v) is 5.36. The molecule has 3 aromatic carbocycles. The summed E-state index contributed by atoms with van der Waals surface area (Å²) in [5.74, 6) is -0.145. The zero-order valence-electron chi connectivity index (χ0n) is 18.0. The van der Waals surface area contributed by atoms with E-state index >= 15 is 0 Å². The minimum Gasteiger partial charge on any atom is -0.484 e. The number of nitrogens with one attached hydrogen (secondary N) is 1. The Morgan fingerprint density at radius 2 is 1.88 bits per heavy atom. The Labute approximate surface area is 190 Å². The Kier molecular flexibility index (Phi) is 6.73. The summed E-state index contributed by atoms with van der Waals surface area (Å²) in [6.07, 6.45) is 1.84. The van der Waals surface area contributed by atoms with Gasteiger partial charge in [-0.15, -0.1) is 0 Å². The van der Waals surface area contributed by atoms with E-state index in [4.69, 9.17) is 4.74 Å². The quantitative estimate of drug-likeness (QED) is 0.369. The fourth-order valence-corrected chi connectivity index (χ4v) is 3.75. The van der Waals surface area contributed by atoms with Crippen LogP contribution in [0.25, 0.3) is 16.6 Å². The highest BCUT2D eigenvalue weighted by Crippen LogP contribution is 2.29. The maximum atomic E-state index is 13.3. The van der Waals surface area contributed by atoms with E-state index < -0.39 is 18.6 Å². The van der Waals surface area contributed by atoms with Crippen LogP contribution in [0.5, 0.6) is 5.75 Å². The molecule has 4 aromatic rings. The van der Waals surface area contributed by atoms with Gasteiger partial charge in [0.05, 0.1) is 23.4 Å². The van der Waals surface area contributed by atoms with Gasteiger partial charge in [-0.3, -0.25) is 4.79 Å². The lowest BCUT2D eigenvalue weighted by atomic mass is 9.99. The molecule has 0 aliphatic heterocycles. The Morgan fingerprint density at radius 1 is 1.12 bits per heavy atom. The van der Waals surface area contributed by atoms with E-state index in [0.29, 0.717) is 12.2 Å². The molecule has 168 valence electrons. The van der Waals surface area contributed by atoms with E-state index in [2.05, 4.69) is 15.6 Å². The molecule has 4 rings (SSSR count). The molecule has 1 N–H and O–H groups in total. The van der Waals surface area contributed by atoms with Crippen molar-refractivity contribution in [2.24, 2.45) is 5.18 Å². The van der Waals surface area contributed by atoms with Crippen molar-refractivity contribution in [3.63, 3.8) is 0 Å². The zero-order valence-corrected chi connectivity index (χ0v) is 18.0. The first kappa shape index (κ1) is 22.1. The maximum Gasteiger partial charge on any atom is 0.245 e. The van der Waals surface area contributed by atoms with Gasteiger partial charge in [0.15, 0.2) is 6.54 Å². The van der Waals surface area contributed by atoms with E-state index in [1.54, 1.807) is 23.0 Å². The van der Waals surface area contributed by atoms with Crippen LogP contribution in [0.2, 0.25) is 0 Å². The summed E-state index contributed by atoms with van der Waals surface area (Å²) in [6.45, 7) is 1.50. The highest BCUT2D eigenvalue weighted by molar-refractivity contribution is 5.82. The standard InChI is InChI=1S/C25H23FN4O3/c1-2-22(29-24(31)16-28-32)25(17-6-4-3-5-7-17)33-21-12-13-23-18(14-21)15-27-30(23)20-10-8-19(26)9-11-20/h3-15,22,25H,2,16H2,1H3,(H,29,31)/t22-,25+/m0/s1. The van der Waals surface area contributed by atoms with Crippen molar-refractivity contribution in [1.82, 2.24) is 15.1 Å². The number of nitrogens with zero attached hydrogens (tertiary/aromatic N) is 3. The lowest BCUT2D eigenvalue weighted by molar-refractivity contribution is -0.121. The molecule has 33 heavy (non-hydrogen) atoms. The second-order valence-electron chi connectivity index (χ2n) is 7.57. The zero-order chi connectivity index (χ0) is 23.2. The first-order chi connectivity index (χ1) is 16.1. The van der Waals surface area contributed by atoms with Crippen molar-refractivity contribution in [1.29, 1.82) is 0 Å². The predicted octanol–water partition coefficient (Wildman–Crippen LogP) is 4.95. The summed E-state index contributed by atoms with van der Waals surface area (Å²) in [6, 6.07) is 20.9. The van der Waals surface area contributed by atoms with Crippen LogP contribution in [0, 0.1) is 10.7 Å². The number of hydrogen-bond donors (Lipinski definition) is 1. The Bertz CT molecular complexity index is 1240. The van der Waals surface area contributed by atoms with Gasteiger partial charge < -0.3 is 10.1 Å². The number of hydrogen-bond acceptors (Lipinski definition) is 5. The van der Waals surface area contributed by atoms with Gasteiger partial charge in [-0.05, 0) is 54.4 Å². The van der Waals surface area contributed by atoms with Crippen LogP contribution in [0.15, 0.2) is 84.2 Å². The summed E-state index contributed by atoms with van der Waals surface area (Å²) in [7, 11) is 0. The molecule has 0 radical (unpaired) electrons. The van der Waals surface area contributed by atoms with Crippen LogP contribution in [0.4, 0.5) is 4.39 Å². The van der Waals surface area contributed by atoms with Crippen molar-refractivity contribution in [3.05, 3.63) is 95.3 Å². The molecule has 7 nitrogen and oxygen atoms in total. The van der Waals surface area contributed by atoms with Crippen LogP contribution in [0.1, 0.15) is 25.0 Å². The molecular formula is C25H23FN4O3. The number of aromatic nitrogens is 2. The van der Waals surface area contributed by atoms with E-state index in [1.807, 2.05) is 55.5 Å². The lowest BCUT2D eigenvalue weighted by Gasteiger charge is -2.28. The smallest absolute Gasteiger partial charge is 0.245 e. The van der Waals surface area contributed by atoms with Gasteiger partial charge in [-0.1, -0.05) is 42.4 Å². The fourth-order valence-electron chi connectivity index (χ4n) is 3.75. The summed E-state index contributed by atoms with van der Waals surface area (Å²) < 4.78 is 21.4. The summed E-state index contributed by atoms with van der Waals surface area (Å²) in [5.41, 5.74) is 2.49. The number of rotatable bonds is 9. The van der Waals surface area contributed by atoms with Gasteiger partial charge in [0.25, 0.3) is 0 Å². The first-order valence-electron chi connectivity index (χ1n) is 10.6. The summed E-state index contributed by atoms with van der Waals surface area (Å²) in [5, 5.41) is 10.8. The average Bonchev–Trinajstić information content (AvgIpc) is 3.26. The molecule has 1 amide bonds. The Morgan fingerprint density at radius 3 is 2.58 bits per heavy atom. The second-order valence-corrected chi connectivity index (χ2v) is 7.57. The molecule has 0 bridgehead atoms. The van der Waals surface area contributed by atoms with Gasteiger partial charge in [0.2, 0.25) is 5.91 Å². The van der Waals surface area contributed by atoms with Crippen LogP contribution >= 0.6 is 0 Å². The third-order valence-electron chi connectivity index (χ3n) is 5.36. The molecule has 0 saturated carbocycles. The molecule has 1 aromatic heterocycles. The Hall–Kier alpha value is -4.07. The Balaban J connectivity index is 1.64. The molecule has 0 aliphatic carbocycles. The van der Waals surface area contributed by atoms with E-state index in [9.17, 15) is 14.1 Å². The van der Waals surface area contributed by atoms with Gasteiger partial charge in [0.1, 0.15) is 17.7 Å². The van der Waals surface area contributed by atoms with Crippen LogP contribution in [-0.2, 0) is 4.79 Å². The molecular weight excluding hydrogens is 423 g/mol. The molecule has 0 unspecified atom stereocenters. The van der Waals surface area contributed by atoms with Crippen molar-refractivity contribution >= 4 is 16.8 Å². The monoisotopic (exact) mass is 446 g/mol. The summed E-state index contributed by atoms with van der Waals surface area (Å²) in [4.78, 5) is 22.5. The number of halogens is 1. The van der Waals surface area contributed by atoms with E-state index in [1.165, 1.54) is 12.1 Å². The third kappa shape index (κ3) is 5.06. The van der Waals surface area contributed by atoms with Crippen LogP contribution < -0.4 is 10.1 Å². The van der Waals surface area contributed by atoms with Crippen molar-refractivity contribution in [3.8, 4) is 11.4 Å². The molecule has 8 heteroatoms.